The first-order valence-corrected chi connectivity index (χ1v) is 15.7. The van der Waals surface area contributed by atoms with Crippen LogP contribution in [0.1, 0.15) is 25.0 Å². The summed E-state index contributed by atoms with van der Waals surface area (Å²) in [5.74, 6) is 0. The molecule has 8 aromatic rings. The minimum absolute atomic E-state index is 0.0687. The second-order valence-corrected chi connectivity index (χ2v) is 12.8. The number of hydrogen-bond acceptors (Lipinski definition) is 1. The number of aromatic nitrogens is 1. The van der Waals surface area contributed by atoms with Crippen molar-refractivity contribution in [1.82, 2.24) is 4.98 Å². The Hall–Kier alpha value is -5.53. The molecule has 0 saturated heterocycles. The lowest BCUT2D eigenvalue weighted by Gasteiger charge is -2.23. The first-order valence-electron chi connectivity index (χ1n) is 15.7. The lowest BCUT2D eigenvalue weighted by Crippen LogP contribution is -2.14. The molecule has 0 bridgehead atoms. The van der Waals surface area contributed by atoms with Crippen LogP contribution in [-0.4, -0.2) is 4.98 Å². The smallest absolute Gasteiger partial charge is 0.0273 e. The van der Waals surface area contributed by atoms with E-state index in [2.05, 4.69) is 158 Å². The van der Waals surface area contributed by atoms with Crippen LogP contribution >= 0.6 is 0 Å². The third kappa shape index (κ3) is 3.84. The standard InChI is InChI=1S/C44H31N/c1-44(2)39-16-8-7-14-36(39)43-37(15-9-17-40(43)44)42-34-13-6-5-12-33(34)41(29-22-24-45-25-23-29)35-21-20-32(27-38(35)42)31-19-18-28-10-3-4-11-30(28)26-31/h3-27H,1-2H3. The molecule has 0 unspecified atom stereocenters. The van der Waals surface area contributed by atoms with E-state index < -0.39 is 0 Å². The largest absolute Gasteiger partial charge is 0.265 e. The molecule has 1 aromatic heterocycles. The second kappa shape index (κ2) is 9.74. The van der Waals surface area contributed by atoms with E-state index >= 15 is 0 Å². The summed E-state index contributed by atoms with van der Waals surface area (Å²) < 4.78 is 0. The molecule has 0 spiro atoms. The van der Waals surface area contributed by atoms with Gasteiger partial charge in [-0.15, -0.1) is 0 Å². The molecule has 9 rings (SSSR count). The molecule has 0 amide bonds. The molecule has 45 heavy (non-hydrogen) atoms. The minimum atomic E-state index is -0.0687. The van der Waals surface area contributed by atoms with Crippen molar-refractivity contribution in [2.24, 2.45) is 0 Å². The van der Waals surface area contributed by atoms with Crippen molar-refractivity contribution in [3.05, 3.63) is 163 Å². The lowest BCUT2D eigenvalue weighted by molar-refractivity contribution is 0.660. The van der Waals surface area contributed by atoms with Gasteiger partial charge in [0.1, 0.15) is 0 Å². The van der Waals surface area contributed by atoms with Gasteiger partial charge in [0.15, 0.2) is 0 Å². The van der Waals surface area contributed by atoms with Crippen LogP contribution in [-0.2, 0) is 5.41 Å². The van der Waals surface area contributed by atoms with Crippen molar-refractivity contribution in [3.8, 4) is 44.5 Å². The Bertz CT molecular complexity index is 2450. The average Bonchev–Trinajstić information content (AvgIpc) is 3.33. The maximum Gasteiger partial charge on any atom is 0.0273 e. The summed E-state index contributed by atoms with van der Waals surface area (Å²) in [6.45, 7) is 4.73. The maximum atomic E-state index is 4.35. The van der Waals surface area contributed by atoms with Gasteiger partial charge in [-0.25, -0.2) is 0 Å². The summed E-state index contributed by atoms with van der Waals surface area (Å²) in [6, 6.07) is 51.6. The highest BCUT2D eigenvalue weighted by molar-refractivity contribution is 6.23. The molecule has 1 heterocycles. The molecule has 0 N–H and O–H groups in total. The van der Waals surface area contributed by atoms with E-state index in [1.54, 1.807) is 0 Å². The Kier molecular flexibility index (Phi) is 5.61. The van der Waals surface area contributed by atoms with Crippen molar-refractivity contribution < 1.29 is 0 Å². The molecule has 0 atom stereocenters. The Labute approximate surface area is 263 Å². The van der Waals surface area contributed by atoms with E-state index in [-0.39, 0.29) is 5.41 Å². The van der Waals surface area contributed by atoms with Gasteiger partial charge in [0.2, 0.25) is 0 Å². The number of hydrogen-bond donors (Lipinski definition) is 0. The fourth-order valence-corrected chi connectivity index (χ4v) is 7.81. The SMILES string of the molecule is CC1(C)c2ccccc2-c2c(-c3c4ccccc4c(-c4ccncc4)c4ccc(-c5ccc6ccccc6c5)cc34)cccc21. The highest BCUT2D eigenvalue weighted by Gasteiger charge is 2.37. The molecule has 1 nitrogen and oxygen atoms in total. The van der Waals surface area contributed by atoms with Gasteiger partial charge in [-0.2, -0.15) is 0 Å². The van der Waals surface area contributed by atoms with Gasteiger partial charge in [0.05, 0.1) is 0 Å². The molecular weight excluding hydrogens is 542 g/mol. The van der Waals surface area contributed by atoms with Gasteiger partial charge in [-0.3, -0.25) is 4.98 Å². The van der Waals surface area contributed by atoms with E-state index in [9.17, 15) is 0 Å². The number of nitrogens with zero attached hydrogens (tertiary/aromatic N) is 1. The normalized spacial score (nSPS) is 13.3. The summed E-state index contributed by atoms with van der Waals surface area (Å²) in [5, 5.41) is 7.56. The average molecular weight is 574 g/mol. The Morgan fingerprint density at radius 3 is 1.87 bits per heavy atom. The first kappa shape index (κ1) is 25.9. The minimum Gasteiger partial charge on any atom is -0.265 e. The van der Waals surface area contributed by atoms with Crippen LogP contribution < -0.4 is 0 Å². The van der Waals surface area contributed by atoms with Crippen molar-refractivity contribution >= 4 is 32.3 Å². The third-order valence-corrected chi connectivity index (χ3v) is 9.95. The van der Waals surface area contributed by atoms with Crippen LogP contribution in [0.25, 0.3) is 76.8 Å². The van der Waals surface area contributed by atoms with Crippen LogP contribution in [0.15, 0.2) is 152 Å². The summed E-state index contributed by atoms with van der Waals surface area (Å²) in [6.07, 6.45) is 3.80. The number of benzene rings is 7. The van der Waals surface area contributed by atoms with E-state index in [1.165, 1.54) is 88.0 Å². The van der Waals surface area contributed by atoms with Crippen LogP contribution in [0.2, 0.25) is 0 Å². The highest BCUT2D eigenvalue weighted by atomic mass is 14.6. The number of rotatable bonds is 3. The highest BCUT2D eigenvalue weighted by Crippen LogP contribution is 2.54. The summed E-state index contributed by atoms with van der Waals surface area (Å²) in [7, 11) is 0. The maximum absolute atomic E-state index is 4.35. The summed E-state index contributed by atoms with van der Waals surface area (Å²) >= 11 is 0. The van der Waals surface area contributed by atoms with Crippen LogP contribution in [0.5, 0.6) is 0 Å². The van der Waals surface area contributed by atoms with E-state index in [0.29, 0.717) is 0 Å². The van der Waals surface area contributed by atoms with Gasteiger partial charge < -0.3 is 0 Å². The van der Waals surface area contributed by atoms with Crippen molar-refractivity contribution in [2.45, 2.75) is 19.3 Å². The van der Waals surface area contributed by atoms with Gasteiger partial charge in [0, 0.05) is 17.8 Å². The van der Waals surface area contributed by atoms with Crippen molar-refractivity contribution in [2.75, 3.05) is 0 Å². The van der Waals surface area contributed by atoms with Gasteiger partial charge in [-0.1, -0.05) is 129 Å². The van der Waals surface area contributed by atoms with Crippen LogP contribution in [0, 0.1) is 0 Å². The van der Waals surface area contributed by atoms with Crippen molar-refractivity contribution in [1.29, 1.82) is 0 Å². The lowest BCUT2D eigenvalue weighted by atomic mass is 9.80. The molecule has 0 radical (unpaired) electrons. The molecule has 1 aliphatic rings. The zero-order valence-corrected chi connectivity index (χ0v) is 25.4. The molecule has 212 valence electrons. The van der Waals surface area contributed by atoms with Gasteiger partial charge in [-0.05, 0) is 112 Å². The predicted octanol–water partition coefficient (Wildman–Crippen LogP) is 11.8. The number of fused-ring (bicyclic) bond motifs is 6. The Morgan fingerprint density at radius 1 is 0.400 bits per heavy atom. The predicted molar refractivity (Wildman–Crippen MR) is 191 cm³/mol. The molecule has 0 aliphatic heterocycles. The van der Waals surface area contributed by atoms with Crippen molar-refractivity contribution in [3.63, 3.8) is 0 Å². The van der Waals surface area contributed by atoms with E-state index in [4.69, 9.17) is 0 Å². The number of pyridine rings is 1. The molecule has 7 aromatic carbocycles. The zero-order valence-electron chi connectivity index (χ0n) is 25.4. The second-order valence-electron chi connectivity index (χ2n) is 12.8. The molecule has 1 heteroatoms. The van der Waals surface area contributed by atoms with Gasteiger partial charge >= 0.3 is 0 Å². The fourth-order valence-electron chi connectivity index (χ4n) is 7.81. The van der Waals surface area contributed by atoms with Gasteiger partial charge in [0.25, 0.3) is 0 Å². The van der Waals surface area contributed by atoms with E-state index in [0.717, 1.165) is 0 Å². The Morgan fingerprint density at radius 2 is 1.02 bits per heavy atom. The van der Waals surface area contributed by atoms with Crippen LogP contribution in [0.4, 0.5) is 0 Å². The molecule has 0 fully saturated rings. The first-order chi connectivity index (χ1) is 22.1. The zero-order chi connectivity index (χ0) is 30.1. The molecule has 0 saturated carbocycles. The monoisotopic (exact) mass is 573 g/mol. The molecule has 1 aliphatic carbocycles. The van der Waals surface area contributed by atoms with E-state index in [1.807, 2.05) is 12.4 Å². The topological polar surface area (TPSA) is 12.9 Å². The molecular formula is C44H31N. The Balaban J connectivity index is 1.43. The van der Waals surface area contributed by atoms with Crippen LogP contribution in [0.3, 0.4) is 0 Å². The fraction of sp³-hybridized carbons (Fsp3) is 0.0682. The summed E-state index contributed by atoms with van der Waals surface area (Å²) in [4.78, 5) is 4.35. The quantitative estimate of drug-likeness (QED) is 0.192. The third-order valence-electron chi connectivity index (χ3n) is 9.95. The summed E-state index contributed by atoms with van der Waals surface area (Å²) in [5.41, 5.74) is 12.9.